The van der Waals surface area contributed by atoms with Crippen LogP contribution in [0.15, 0.2) is 35.3 Å². The predicted molar refractivity (Wildman–Crippen MR) is 122 cm³/mol. The van der Waals surface area contributed by atoms with Crippen LogP contribution in [0.5, 0.6) is 0 Å². The zero-order valence-electron chi connectivity index (χ0n) is 16.2. The van der Waals surface area contributed by atoms with Gasteiger partial charge in [0, 0.05) is 51.1 Å². The molecule has 148 valence electrons. The SMILES string of the molecule is CCCCOCCCN=C(NCC)NC1CCN(c2ccccc2)C1.I. The lowest BCUT2D eigenvalue weighted by atomic mass is 10.3. The number of benzene rings is 1. The summed E-state index contributed by atoms with van der Waals surface area (Å²) in [6.07, 6.45) is 4.45. The van der Waals surface area contributed by atoms with Crippen LogP contribution in [0.3, 0.4) is 0 Å². The van der Waals surface area contributed by atoms with Crippen molar-refractivity contribution in [2.24, 2.45) is 4.99 Å². The molecule has 0 spiro atoms. The number of nitrogens with one attached hydrogen (secondary N) is 2. The third kappa shape index (κ3) is 8.58. The summed E-state index contributed by atoms with van der Waals surface area (Å²) < 4.78 is 5.60. The predicted octanol–water partition coefficient (Wildman–Crippen LogP) is 3.65. The molecule has 0 bridgehead atoms. The third-order valence-corrected chi connectivity index (χ3v) is 4.35. The fourth-order valence-electron chi connectivity index (χ4n) is 2.97. The fourth-order valence-corrected chi connectivity index (χ4v) is 2.97. The minimum absolute atomic E-state index is 0. The van der Waals surface area contributed by atoms with Crippen LogP contribution >= 0.6 is 24.0 Å². The van der Waals surface area contributed by atoms with Crippen LogP contribution in [0.1, 0.15) is 39.5 Å². The molecule has 0 aliphatic carbocycles. The van der Waals surface area contributed by atoms with E-state index in [0.717, 1.165) is 64.6 Å². The number of hydrogen-bond acceptors (Lipinski definition) is 3. The Kier molecular flexibility index (Phi) is 12.5. The minimum atomic E-state index is 0. The molecular weight excluding hydrogens is 439 g/mol. The zero-order valence-corrected chi connectivity index (χ0v) is 18.6. The van der Waals surface area contributed by atoms with Gasteiger partial charge in [0.05, 0.1) is 0 Å². The summed E-state index contributed by atoms with van der Waals surface area (Å²) in [6.45, 7) is 9.76. The van der Waals surface area contributed by atoms with Gasteiger partial charge in [-0.1, -0.05) is 31.5 Å². The second-order valence-corrected chi connectivity index (χ2v) is 6.49. The first-order valence-corrected chi connectivity index (χ1v) is 9.76. The molecule has 26 heavy (non-hydrogen) atoms. The van der Waals surface area contributed by atoms with Crippen molar-refractivity contribution in [2.45, 2.75) is 45.6 Å². The number of ether oxygens (including phenoxy) is 1. The standard InChI is InChI=1S/C20H34N4O.HI/c1-3-5-15-25-16-9-13-22-20(21-4-2)23-18-12-14-24(17-18)19-10-7-6-8-11-19;/h6-8,10-11,18H,3-5,9,12-17H2,1-2H3,(H2,21,22,23);1H. The molecule has 1 aromatic carbocycles. The van der Waals surface area contributed by atoms with E-state index in [2.05, 4.69) is 64.7 Å². The van der Waals surface area contributed by atoms with Gasteiger partial charge in [0.2, 0.25) is 0 Å². The van der Waals surface area contributed by atoms with Crippen LogP contribution in [-0.2, 0) is 4.74 Å². The molecule has 1 aromatic rings. The zero-order chi connectivity index (χ0) is 17.7. The average Bonchev–Trinajstić information content (AvgIpc) is 3.10. The first kappa shape index (κ1) is 23.0. The van der Waals surface area contributed by atoms with Crippen molar-refractivity contribution in [1.29, 1.82) is 0 Å². The van der Waals surface area contributed by atoms with Gasteiger partial charge in [-0.05, 0) is 38.3 Å². The number of rotatable bonds is 10. The van der Waals surface area contributed by atoms with E-state index >= 15 is 0 Å². The summed E-state index contributed by atoms with van der Waals surface area (Å²) in [5.74, 6) is 0.927. The lowest BCUT2D eigenvalue weighted by Crippen LogP contribution is -2.44. The van der Waals surface area contributed by atoms with Crippen molar-refractivity contribution in [2.75, 3.05) is 44.3 Å². The van der Waals surface area contributed by atoms with Crippen molar-refractivity contribution < 1.29 is 4.74 Å². The van der Waals surface area contributed by atoms with Crippen molar-refractivity contribution in [3.8, 4) is 0 Å². The highest BCUT2D eigenvalue weighted by atomic mass is 127. The number of halogens is 1. The van der Waals surface area contributed by atoms with Crippen LogP contribution in [0, 0.1) is 0 Å². The molecule has 2 N–H and O–H groups in total. The van der Waals surface area contributed by atoms with E-state index < -0.39 is 0 Å². The molecule has 1 unspecified atom stereocenters. The van der Waals surface area contributed by atoms with E-state index in [4.69, 9.17) is 4.74 Å². The highest BCUT2D eigenvalue weighted by molar-refractivity contribution is 14.0. The first-order valence-electron chi connectivity index (χ1n) is 9.76. The van der Waals surface area contributed by atoms with Gasteiger partial charge in [0.15, 0.2) is 5.96 Å². The Labute approximate surface area is 176 Å². The van der Waals surface area contributed by atoms with Gasteiger partial charge in [0.25, 0.3) is 0 Å². The molecular formula is C20H35IN4O. The molecule has 1 fully saturated rings. The monoisotopic (exact) mass is 474 g/mol. The van der Waals surface area contributed by atoms with Crippen LogP contribution < -0.4 is 15.5 Å². The normalized spacial score (nSPS) is 17.1. The second kappa shape index (κ2) is 14.1. The number of guanidine groups is 1. The number of unbranched alkanes of at least 4 members (excludes halogenated alkanes) is 1. The van der Waals surface area contributed by atoms with E-state index in [1.54, 1.807) is 0 Å². The van der Waals surface area contributed by atoms with Crippen LogP contribution in [0.2, 0.25) is 0 Å². The van der Waals surface area contributed by atoms with E-state index in [-0.39, 0.29) is 24.0 Å². The molecule has 0 aromatic heterocycles. The number of nitrogens with zero attached hydrogens (tertiary/aromatic N) is 2. The van der Waals surface area contributed by atoms with E-state index in [1.165, 1.54) is 12.1 Å². The average molecular weight is 474 g/mol. The van der Waals surface area contributed by atoms with Gasteiger partial charge in [0.1, 0.15) is 0 Å². The Morgan fingerprint density at radius 2 is 1.96 bits per heavy atom. The largest absolute Gasteiger partial charge is 0.381 e. The summed E-state index contributed by atoms with van der Waals surface area (Å²) >= 11 is 0. The van der Waals surface area contributed by atoms with E-state index in [9.17, 15) is 0 Å². The highest BCUT2D eigenvalue weighted by Gasteiger charge is 2.23. The van der Waals surface area contributed by atoms with Crippen molar-refractivity contribution in [3.63, 3.8) is 0 Å². The molecule has 2 rings (SSSR count). The number of para-hydroxylation sites is 1. The lowest BCUT2D eigenvalue weighted by molar-refractivity contribution is 0.130. The van der Waals surface area contributed by atoms with Gasteiger partial charge >= 0.3 is 0 Å². The molecule has 0 amide bonds. The topological polar surface area (TPSA) is 48.9 Å². The smallest absolute Gasteiger partial charge is 0.191 e. The molecule has 1 aliphatic heterocycles. The molecule has 6 heteroatoms. The Balaban J connectivity index is 0.00000338. The maximum atomic E-state index is 5.60. The number of hydrogen-bond donors (Lipinski definition) is 2. The fraction of sp³-hybridized carbons (Fsp3) is 0.650. The highest BCUT2D eigenvalue weighted by Crippen LogP contribution is 2.19. The minimum Gasteiger partial charge on any atom is -0.381 e. The Morgan fingerprint density at radius 1 is 1.19 bits per heavy atom. The van der Waals surface area contributed by atoms with Crippen LogP contribution in [0.4, 0.5) is 5.69 Å². The van der Waals surface area contributed by atoms with Crippen molar-refractivity contribution in [1.82, 2.24) is 10.6 Å². The first-order chi connectivity index (χ1) is 12.3. The summed E-state index contributed by atoms with van der Waals surface area (Å²) in [5.41, 5.74) is 1.30. The van der Waals surface area contributed by atoms with Gasteiger partial charge in [-0.25, -0.2) is 0 Å². The Morgan fingerprint density at radius 3 is 2.69 bits per heavy atom. The molecule has 0 saturated carbocycles. The molecule has 1 heterocycles. The summed E-state index contributed by atoms with van der Waals surface area (Å²) in [5, 5.41) is 6.94. The molecule has 5 nitrogen and oxygen atoms in total. The van der Waals surface area contributed by atoms with Crippen LogP contribution in [0.25, 0.3) is 0 Å². The van der Waals surface area contributed by atoms with Gasteiger partial charge in [-0.2, -0.15) is 0 Å². The van der Waals surface area contributed by atoms with E-state index in [1.807, 2.05) is 0 Å². The van der Waals surface area contributed by atoms with Gasteiger partial charge < -0.3 is 20.3 Å². The summed E-state index contributed by atoms with van der Waals surface area (Å²) in [7, 11) is 0. The molecule has 0 radical (unpaired) electrons. The second-order valence-electron chi connectivity index (χ2n) is 6.49. The number of aliphatic imine (C=N–C) groups is 1. The van der Waals surface area contributed by atoms with Gasteiger partial charge in [-0.3, -0.25) is 4.99 Å². The Bertz CT molecular complexity index is 498. The summed E-state index contributed by atoms with van der Waals surface area (Å²) in [6, 6.07) is 11.1. The van der Waals surface area contributed by atoms with Gasteiger partial charge in [-0.15, -0.1) is 24.0 Å². The molecule has 1 aliphatic rings. The van der Waals surface area contributed by atoms with E-state index in [0.29, 0.717) is 6.04 Å². The molecule has 1 saturated heterocycles. The van der Waals surface area contributed by atoms with Crippen molar-refractivity contribution in [3.05, 3.63) is 30.3 Å². The Hall–Kier alpha value is -1.02. The summed E-state index contributed by atoms with van der Waals surface area (Å²) in [4.78, 5) is 7.12. The number of anilines is 1. The van der Waals surface area contributed by atoms with Crippen molar-refractivity contribution >= 4 is 35.6 Å². The van der Waals surface area contributed by atoms with Crippen LogP contribution in [-0.4, -0.2) is 51.4 Å². The quantitative estimate of drug-likeness (QED) is 0.235. The maximum absolute atomic E-state index is 5.60. The third-order valence-electron chi connectivity index (χ3n) is 4.35. The maximum Gasteiger partial charge on any atom is 0.191 e. The molecule has 1 atom stereocenters. The lowest BCUT2D eigenvalue weighted by Gasteiger charge is -2.20.